The molecular formula is C13H17N5O2. The molecule has 0 N–H and O–H groups in total. The van der Waals surface area contributed by atoms with Gasteiger partial charge in [0.1, 0.15) is 6.54 Å². The molecule has 1 aromatic carbocycles. The van der Waals surface area contributed by atoms with Crippen LogP contribution < -0.4 is 4.90 Å². The number of nitrogens with zero attached hydrogens (tertiary/aromatic N) is 5. The van der Waals surface area contributed by atoms with Crippen molar-refractivity contribution in [3.05, 3.63) is 30.3 Å². The normalized spacial score (nSPS) is 10.3. The van der Waals surface area contributed by atoms with E-state index >= 15 is 0 Å². The molecule has 7 heteroatoms. The van der Waals surface area contributed by atoms with E-state index in [0.717, 1.165) is 12.1 Å². The molecule has 0 aliphatic heterocycles. The summed E-state index contributed by atoms with van der Waals surface area (Å²) in [5, 5.41) is 11.7. The average molecular weight is 275 g/mol. The third-order valence-corrected chi connectivity index (χ3v) is 2.78. The molecule has 0 saturated carbocycles. The SMILES string of the molecule is CCCN(CC(=O)OC)c1nnnn1-c1ccccc1. The van der Waals surface area contributed by atoms with Gasteiger partial charge in [-0.05, 0) is 29.0 Å². The van der Waals surface area contributed by atoms with Crippen molar-refractivity contribution in [1.29, 1.82) is 0 Å². The Hall–Kier alpha value is -2.44. The summed E-state index contributed by atoms with van der Waals surface area (Å²) in [7, 11) is 1.37. The lowest BCUT2D eigenvalue weighted by Gasteiger charge is -2.20. The number of ether oxygens (including phenoxy) is 1. The summed E-state index contributed by atoms with van der Waals surface area (Å²) in [6.45, 7) is 2.82. The van der Waals surface area contributed by atoms with Gasteiger partial charge in [-0.3, -0.25) is 4.79 Å². The number of rotatable bonds is 6. The molecule has 0 amide bonds. The van der Waals surface area contributed by atoms with Crippen molar-refractivity contribution in [2.75, 3.05) is 25.1 Å². The average Bonchev–Trinajstić information content (AvgIpc) is 2.97. The van der Waals surface area contributed by atoms with Crippen molar-refractivity contribution in [1.82, 2.24) is 20.2 Å². The van der Waals surface area contributed by atoms with E-state index in [4.69, 9.17) is 4.74 Å². The number of anilines is 1. The molecule has 0 aliphatic carbocycles. The van der Waals surface area contributed by atoms with Gasteiger partial charge in [-0.2, -0.15) is 4.68 Å². The summed E-state index contributed by atoms with van der Waals surface area (Å²) >= 11 is 0. The number of carbonyl (C=O) groups is 1. The quantitative estimate of drug-likeness (QED) is 0.734. The summed E-state index contributed by atoms with van der Waals surface area (Å²) in [5.41, 5.74) is 0.846. The third kappa shape index (κ3) is 3.11. The van der Waals surface area contributed by atoms with Crippen LogP contribution in [0.1, 0.15) is 13.3 Å². The number of carbonyl (C=O) groups excluding carboxylic acids is 1. The van der Waals surface area contributed by atoms with Gasteiger partial charge in [0.2, 0.25) is 0 Å². The Morgan fingerprint density at radius 2 is 2.10 bits per heavy atom. The summed E-state index contributed by atoms with van der Waals surface area (Å²) in [4.78, 5) is 13.3. The Morgan fingerprint density at radius 3 is 2.75 bits per heavy atom. The second-order valence-electron chi connectivity index (χ2n) is 4.22. The lowest BCUT2D eigenvalue weighted by Crippen LogP contribution is -2.33. The fourth-order valence-corrected chi connectivity index (χ4v) is 1.86. The molecule has 1 aromatic heterocycles. The van der Waals surface area contributed by atoms with Crippen LogP contribution in [-0.4, -0.2) is 46.4 Å². The Kier molecular flexibility index (Phi) is 4.65. The Bertz CT molecular complexity index is 555. The van der Waals surface area contributed by atoms with Crippen molar-refractivity contribution in [3.8, 4) is 5.69 Å². The van der Waals surface area contributed by atoms with Crippen molar-refractivity contribution in [2.24, 2.45) is 0 Å². The molecule has 0 radical (unpaired) electrons. The number of hydrogen-bond acceptors (Lipinski definition) is 6. The number of esters is 1. The minimum atomic E-state index is -0.318. The van der Waals surface area contributed by atoms with Crippen molar-refractivity contribution in [3.63, 3.8) is 0 Å². The number of methoxy groups -OCH3 is 1. The van der Waals surface area contributed by atoms with E-state index in [1.807, 2.05) is 37.3 Å². The first-order valence-corrected chi connectivity index (χ1v) is 6.41. The van der Waals surface area contributed by atoms with E-state index in [2.05, 4.69) is 15.5 Å². The van der Waals surface area contributed by atoms with Gasteiger partial charge < -0.3 is 9.64 Å². The second kappa shape index (κ2) is 6.65. The zero-order valence-electron chi connectivity index (χ0n) is 11.6. The van der Waals surface area contributed by atoms with Crippen LogP contribution in [0.15, 0.2) is 30.3 Å². The van der Waals surface area contributed by atoms with Crippen LogP contribution in [0.2, 0.25) is 0 Å². The monoisotopic (exact) mass is 275 g/mol. The minimum Gasteiger partial charge on any atom is -0.468 e. The maximum Gasteiger partial charge on any atom is 0.325 e. The van der Waals surface area contributed by atoms with Crippen LogP contribution in [0.3, 0.4) is 0 Å². The van der Waals surface area contributed by atoms with E-state index in [1.165, 1.54) is 7.11 Å². The lowest BCUT2D eigenvalue weighted by atomic mass is 10.3. The van der Waals surface area contributed by atoms with Gasteiger partial charge >= 0.3 is 5.97 Å². The highest BCUT2D eigenvalue weighted by Gasteiger charge is 2.18. The van der Waals surface area contributed by atoms with Gasteiger partial charge in [-0.25, -0.2) is 0 Å². The number of benzene rings is 1. The largest absolute Gasteiger partial charge is 0.468 e. The molecular weight excluding hydrogens is 258 g/mol. The highest BCUT2D eigenvalue weighted by molar-refractivity contribution is 5.74. The predicted molar refractivity (Wildman–Crippen MR) is 73.7 cm³/mol. The molecule has 1 heterocycles. The van der Waals surface area contributed by atoms with Crippen LogP contribution in [0.25, 0.3) is 5.69 Å². The third-order valence-electron chi connectivity index (χ3n) is 2.78. The van der Waals surface area contributed by atoms with Crippen LogP contribution in [0.5, 0.6) is 0 Å². The van der Waals surface area contributed by atoms with E-state index in [0.29, 0.717) is 12.5 Å². The molecule has 0 spiro atoms. The highest BCUT2D eigenvalue weighted by atomic mass is 16.5. The topological polar surface area (TPSA) is 73.1 Å². The van der Waals surface area contributed by atoms with Crippen molar-refractivity contribution >= 4 is 11.9 Å². The minimum absolute atomic E-state index is 0.123. The number of tetrazole rings is 1. The fraction of sp³-hybridized carbons (Fsp3) is 0.385. The number of para-hydroxylation sites is 1. The van der Waals surface area contributed by atoms with Crippen LogP contribution in [0, 0.1) is 0 Å². The summed E-state index contributed by atoms with van der Waals surface area (Å²) in [6.07, 6.45) is 0.874. The predicted octanol–water partition coefficient (Wildman–Crippen LogP) is 1.05. The summed E-state index contributed by atoms with van der Waals surface area (Å²) in [5.74, 6) is 0.213. The first kappa shape index (κ1) is 14.0. The fourth-order valence-electron chi connectivity index (χ4n) is 1.86. The van der Waals surface area contributed by atoms with Gasteiger partial charge in [0, 0.05) is 6.54 Å². The zero-order valence-corrected chi connectivity index (χ0v) is 11.6. The number of aromatic nitrogens is 4. The zero-order chi connectivity index (χ0) is 14.4. The van der Waals surface area contributed by atoms with Crippen molar-refractivity contribution < 1.29 is 9.53 Å². The number of hydrogen-bond donors (Lipinski definition) is 0. The summed E-state index contributed by atoms with van der Waals surface area (Å²) < 4.78 is 6.32. The molecule has 0 atom stereocenters. The van der Waals surface area contributed by atoms with Gasteiger partial charge in [-0.1, -0.05) is 30.2 Å². The van der Waals surface area contributed by atoms with Crippen LogP contribution in [0.4, 0.5) is 5.95 Å². The summed E-state index contributed by atoms with van der Waals surface area (Å²) in [6, 6.07) is 9.55. The molecule has 2 aromatic rings. The lowest BCUT2D eigenvalue weighted by molar-refractivity contribution is -0.138. The van der Waals surface area contributed by atoms with Gasteiger partial charge in [0.05, 0.1) is 12.8 Å². The maximum atomic E-state index is 11.5. The van der Waals surface area contributed by atoms with Crippen LogP contribution >= 0.6 is 0 Å². The molecule has 106 valence electrons. The van der Waals surface area contributed by atoms with E-state index in [-0.39, 0.29) is 12.5 Å². The molecule has 0 aliphatic rings. The Labute approximate surface area is 117 Å². The molecule has 2 rings (SSSR count). The van der Waals surface area contributed by atoms with Gasteiger partial charge in [0.25, 0.3) is 5.95 Å². The van der Waals surface area contributed by atoms with Gasteiger partial charge in [0.15, 0.2) is 0 Å². The highest BCUT2D eigenvalue weighted by Crippen LogP contribution is 2.15. The molecule has 0 bridgehead atoms. The van der Waals surface area contributed by atoms with E-state index in [9.17, 15) is 4.79 Å². The molecule has 0 fully saturated rings. The maximum absolute atomic E-state index is 11.5. The smallest absolute Gasteiger partial charge is 0.325 e. The van der Waals surface area contributed by atoms with Crippen molar-refractivity contribution in [2.45, 2.75) is 13.3 Å². The second-order valence-corrected chi connectivity index (χ2v) is 4.22. The van der Waals surface area contributed by atoms with Crippen LogP contribution in [-0.2, 0) is 9.53 Å². The molecule has 7 nitrogen and oxygen atoms in total. The van der Waals surface area contributed by atoms with Gasteiger partial charge in [-0.15, -0.1) is 0 Å². The Balaban J connectivity index is 2.30. The first-order valence-electron chi connectivity index (χ1n) is 6.41. The standard InChI is InChI=1S/C13H17N5O2/c1-3-9-17(10-12(19)20-2)13-14-15-16-18(13)11-7-5-4-6-8-11/h4-8H,3,9-10H2,1-2H3. The van der Waals surface area contributed by atoms with E-state index in [1.54, 1.807) is 9.58 Å². The Morgan fingerprint density at radius 1 is 1.35 bits per heavy atom. The molecule has 0 saturated heterocycles. The first-order chi connectivity index (χ1) is 9.76. The van der Waals surface area contributed by atoms with E-state index < -0.39 is 0 Å². The molecule has 0 unspecified atom stereocenters. The molecule has 20 heavy (non-hydrogen) atoms.